The van der Waals surface area contributed by atoms with Gasteiger partial charge in [-0.25, -0.2) is 4.39 Å². The largest absolute Gasteiger partial charge is 0.491 e. The molecule has 0 radical (unpaired) electrons. The van der Waals surface area contributed by atoms with Crippen molar-refractivity contribution in [1.82, 2.24) is 4.90 Å². The van der Waals surface area contributed by atoms with Gasteiger partial charge in [0, 0.05) is 19.2 Å². The Morgan fingerprint density at radius 1 is 1.04 bits per heavy atom. The molecule has 1 heterocycles. The van der Waals surface area contributed by atoms with Crippen molar-refractivity contribution in [3.8, 4) is 11.5 Å². The molecule has 6 heteroatoms. The summed E-state index contributed by atoms with van der Waals surface area (Å²) >= 11 is 0. The highest BCUT2D eigenvalue weighted by atomic mass is 19.1. The Balaban J connectivity index is 1.48. The normalized spacial score (nSPS) is 20.0. The zero-order valence-corrected chi connectivity index (χ0v) is 15.1. The second-order valence-electron chi connectivity index (χ2n) is 6.81. The van der Waals surface area contributed by atoms with Crippen LogP contribution in [0.2, 0.25) is 0 Å². The molecule has 0 bridgehead atoms. The fraction of sp³-hybridized carbons (Fsp3) is 0.381. The number of amides is 1. The highest BCUT2D eigenvalue weighted by Crippen LogP contribution is 2.24. The lowest BCUT2D eigenvalue weighted by Crippen LogP contribution is -2.39. The molecule has 1 amide bonds. The predicted octanol–water partition coefficient (Wildman–Crippen LogP) is 3.03. The number of aliphatic hydroxyl groups is 1. The quantitative estimate of drug-likeness (QED) is 0.846. The first-order valence-electron chi connectivity index (χ1n) is 9.10. The maximum atomic E-state index is 13.2. The molecule has 5 nitrogen and oxygen atoms in total. The van der Waals surface area contributed by atoms with Crippen LogP contribution in [0.25, 0.3) is 0 Å². The number of rotatable bonds is 6. The van der Waals surface area contributed by atoms with Crippen molar-refractivity contribution in [2.45, 2.75) is 24.9 Å². The van der Waals surface area contributed by atoms with Gasteiger partial charge in [0.25, 0.3) is 5.91 Å². The summed E-state index contributed by atoms with van der Waals surface area (Å²) < 4.78 is 24.2. The number of carbonyl (C=O) groups is 1. The summed E-state index contributed by atoms with van der Waals surface area (Å²) in [5, 5.41) is 10.8. The number of para-hydroxylation sites is 1. The zero-order valence-electron chi connectivity index (χ0n) is 15.1. The lowest BCUT2D eigenvalue weighted by atomic mass is 9.96. The molecule has 144 valence electrons. The van der Waals surface area contributed by atoms with Gasteiger partial charge in [0.05, 0.1) is 0 Å². The molecule has 2 aromatic rings. The van der Waals surface area contributed by atoms with Gasteiger partial charge in [-0.1, -0.05) is 24.3 Å². The molecule has 1 aliphatic rings. The number of halogens is 1. The maximum absolute atomic E-state index is 13.2. The van der Waals surface area contributed by atoms with Crippen LogP contribution in [0.3, 0.4) is 0 Å². The van der Waals surface area contributed by atoms with E-state index in [1.54, 1.807) is 11.0 Å². The first-order valence-corrected chi connectivity index (χ1v) is 9.10. The van der Waals surface area contributed by atoms with E-state index in [4.69, 9.17) is 9.47 Å². The van der Waals surface area contributed by atoms with E-state index in [1.807, 2.05) is 30.3 Å². The molecule has 0 aliphatic carbocycles. The topological polar surface area (TPSA) is 59.0 Å². The molecule has 3 rings (SSSR count). The zero-order chi connectivity index (χ0) is 19.1. The molecule has 1 fully saturated rings. The first kappa shape index (κ1) is 19.2. The van der Waals surface area contributed by atoms with Gasteiger partial charge >= 0.3 is 0 Å². The third kappa shape index (κ3) is 5.69. The standard InChI is InChI=1S/C21H24FNO4/c22-17-6-4-9-19(14-17)26-15-20(24)23-12-5-10-21(25,11-13-23)16-27-18-7-2-1-3-8-18/h1-4,6-9,14,25H,5,10-13,15-16H2/t21-/m0/s1. The van der Waals surface area contributed by atoms with Crippen LogP contribution in [0, 0.1) is 5.82 Å². The summed E-state index contributed by atoms with van der Waals surface area (Å²) in [4.78, 5) is 14.1. The lowest BCUT2D eigenvalue weighted by molar-refractivity contribution is -0.133. The fourth-order valence-electron chi connectivity index (χ4n) is 3.10. The van der Waals surface area contributed by atoms with Crippen LogP contribution in [0.15, 0.2) is 54.6 Å². The van der Waals surface area contributed by atoms with Crippen LogP contribution in [-0.2, 0) is 4.79 Å². The Kier molecular flexibility index (Phi) is 6.29. The Bertz CT molecular complexity index is 755. The average molecular weight is 373 g/mol. The summed E-state index contributed by atoms with van der Waals surface area (Å²) in [6.45, 7) is 1.03. The minimum atomic E-state index is -0.964. The van der Waals surface area contributed by atoms with Gasteiger partial charge in [0.15, 0.2) is 6.61 Å². The van der Waals surface area contributed by atoms with Crippen molar-refractivity contribution in [1.29, 1.82) is 0 Å². The number of nitrogens with zero attached hydrogens (tertiary/aromatic N) is 1. The molecule has 0 unspecified atom stereocenters. The van der Waals surface area contributed by atoms with Crippen molar-refractivity contribution in [3.63, 3.8) is 0 Å². The molecule has 0 aromatic heterocycles. The van der Waals surface area contributed by atoms with Crippen molar-refractivity contribution >= 4 is 5.91 Å². The van der Waals surface area contributed by atoms with E-state index in [2.05, 4.69) is 0 Å². The van der Waals surface area contributed by atoms with E-state index in [-0.39, 0.29) is 19.1 Å². The molecule has 1 atom stereocenters. The van der Waals surface area contributed by atoms with Gasteiger partial charge in [-0.3, -0.25) is 4.79 Å². The second kappa shape index (κ2) is 8.86. The summed E-state index contributed by atoms with van der Waals surface area (Å²) in [5.74, 6) is 0.461. The molecular formula is C21H24FNO4. The number of hydrogen-bond acceptors (Lipinski definition) is 4. The van der Waals surface area contributed by atoms with Crippen molar-refractivity contribution in [3.05, 3.63) is 60.4 Å². The Labute approximate surface area is 158 Å². The third-order valence-electron chi connectivity index (χ3n) is 4.68. The van der Waals surface area contributed by atoms with Crippen molar-refractivity contribution < 1.29 is 23.8 Å². The van der Waals surface area contributed by atoms with Gasteiger partial charge in [-0.2, -0.15) is 0 Å². The van der Waals surface area contributed by atoms with E-state index in [9.17, 15) is 14.3 Å². The van der Waals surface area contributed by atoms with E-state index < -0.39 is 11.4 Å². The van der Waals surface area contributed by atoms with E-state index in [0.29, 0.717) is 43.9 Å². The number of hydrogen-bond donors (Lipinski definition) is 1. The summed E-state index contributed by atoms with van der Waals surface area (Å²) in [7, 11) is 0. The van der Waals surface area contributed by atoms with E-state index in [0.717, 1.165) is 0 Å². The predicted molar refractivity (Wildman–Crippen MR) is 99.2 cm³/mol. The highest BCUT2D eigenvalue weighted by Gasteiger charge is 2.32. The fourth-order valence-corrected chi connectivity index (χ4v) is 3.10. The first-order chi connectivity index (χ1) is 13.0. The second-order valence-corrected chi connectivity index (χ2v) is 6.81. The van der Waals surface area contributed by atoms with Crippen LogP contribution in [-0.4, -0.2) is 47.8 Å². The Morgan fingerprint density at radius 2 is 1.81 bits per heavy atom. The average Bonchev–Trinajstić information content (AvgIpc) is 2.88. The van der Waals surface area contributed by atoms with Crippen LogP contribution < -0.4 is 9.47 Å². The van der Waals surface area contributed by atoms with Gasteiger partial charge in [0.1, 0.15) is 29.5 Å². The summed E-state index contributed by atoms with van der Waals surface area (Å²) in [6.07, 6.45) is 1.68. The van der Waals surface area contributed by atoms with Crippen LogP contribution in [0.1, 0.15) is 19.3 Å². The molecule has 1 saturated heterocycles. The molecule has 1 aliphatic heterocycles. The van der Waals surface area contributed by atoms with Gasteiger partial charge in [0.2, 0.25) is 0 Å². The highest BCUT2D eigenvalue weighted by molar-refractivity contribution is 5.77. The minimum absolute atomic E-state index is 0.150. The number of ether oxygens (including phenoxy) is 2. The van der Waals surface area contributed by atoms with E-state index in [1.165, 1.54) is 18.2 Å². The number of carbonyl (C=O) groups excluding carboxylic acids is 1. The number of benzene rings is 2. The number of likely N-dealkylation sites (tertiary alicyclic amines) is 1. The minimum Gasteiger partial charge on any atom is -0.491 e. The third-order valence-corrected chi connectivity index (χ3v) is 4.68. The summed E-state index contributed by atoms with van der Waals surface area (Å²) in [6, 6.07) is 15.1. The van der Waals surface area contributed by atoms with E-state index >= 15 is 0 Å². The Hall–Kier alpha value is -2.60. The summed E-state index contributed by atoms with van der Waals surface area (Å²) in [5.41, 5.74) is -0.964. The maximum Gasteiger partial charge on any atom is 0.260 e. The lowest BCUT2D eigenvalue weighted by Gasteiger charge is -2.27. The molecule has 0 spiro atoms. The van der Waals surface area contributed by atoms with Gasteiger partial charge in [-0.15, -0.1) is 0 Å². The monoisotopic (exact) mass is 373 g/mol. The smallest absolute Gasteiger partial charge is 0.260 e. The molecule has 27 heavy (non-hydrogen) atoms. The molecule has 1 N–H and O–H groups in total. The van der Waals surface area contributed by atoms with Crippen LogP contribution >= 0.6 is 0 Å². The van der Waals surface area contributed by atoms with Crippen LogP contribution in [0.4, 0.5) is 4.39 Å². The molecule has 0 saturated carbocycles. The van der Waals surface area contributed by atoms with Crippen molar-refractivity contribution in [2.75, 3.05) is 26.3 Å². The van der Waals surface area contributed by atoms with Crippen LogP contribution in [0.5, 0.6) is 11.5 Å². The molecule has 2 aromatic carbocycles. The molecular weight excluding hydrogens is 349 g/mol. The SMILES string of the molecule is O=C(COc1cccc(F)c1)N1CCC[C@@](O)(COc2ccccc2)CC1. The Morgan fingerprint density at radius 3 is 2.59 bits per heavy atom. The van der Waals surface area contributed by atoms with Gasteiger partial charge in [-0.05, 0) is 43.5 Å². The van der Waals surface area contributed by atoms with Gasteiger partial charge < -0.3 is 19.5 Å². The van der Waals surface area contributed by atoms with Crippen molar-refractivity contribution in [2.24, 2.45) is 0 Å².